The smallest absolute Gasteiger partial charge is 0.267 e. The van der Waals surface area contributed by atoms with Crippen LogP contribution < -0.4 is 16.3 Å². The van der Waals surface area contributed by atoms with Gasteiger partial charge < -0.3 is 5.73 Å². The van der Waals surface area contributed by atoms with Crippen LogP contribution in [0.3, 0.4) is 0 Å². The first-order valence-electron chi connectivity index (χ1n) is 10.1. The van der Waals surface area contributed by atoms with E-state index < -0.39 is 6.04 Å². The van der Waals surface area contributed by atoms with E-state index in [0.29, 0.717) is 39.6 Å². The number of nitrogen functional groups attached to an aromatic ring is 1. The summed E-state index contributed by atoms with van der Waals surface area (Å²) in [7, 11) is 0. The van der Waals surface area contributed by atoms with Gasteiger partial charge in [0.2, 0.25) is 5.95 Å². The zero-order valence-electron chi connectivity index (χ0n) is 17.5. The molecule has 10 heteroatoms. The van der Waals surface area contributed by atoms with Gasteiger partial charge in [0, 0.05) is 12.6 Å². The Morgan fingerprint density at radius 3 is 2.67 bits per heavy atom. The second-order valence-corrected chi connectivity index (χ2v) is 7.86. The number of nitrogens with two attached hydrogens (primary N) is 1. The SMILES string of the molecule is Cc1nc(N)nc(N2N=CCC2c2nc3cccc(Cl)c3c(=O)n2-c2ccccc2)c1C#N. The minimum Gasteiger partial charge on any atom is -0.368 e. The third-order valence-electron chi connectivity index (χ3n) is 5.43. The van der Waals surface area contributed by atoms with Crippen molar-refractivity contribution >= 4 is 40.5 Å². The van der Waals surface area contributed by atoms with Crippen LogP contribution in [0.2, 0.25) is 5.02 Å². The van der Waals surface area contributed by atoms with Crippen molar-refractivity contribution in [2.45, 2.75) is 19.4 Å². The number of hydrogen-bond donors (Lipinski definition) is 1. The molecule has 3 heterocycles. The molecule has 5 rings (SSSR count). The molecule has 0 spiro atoms. The van der Waals surface area contributed by atoms with Crippen molar-refractivity contribution < 1.29 is 0 Å². The average molecular weight is 457 g/mol. The molecular weight excluding hydrogens is 440 g/mol. The van der Waals surface area contributed by atoms with Crippen molar-refractivity contribution in [2.75, 3.05) is 10.7 Å². The summed E-state index contributed by atoms with van der Waals surface area (Å²) in [5.41, 5.74) is 7.39. The van der Waals surface area contributed by atoms with Crippen LogP contribution in [0.25, 0.3) is 16.6 Å². The molecular formula is C23H17ClN8O. The lowest BCUT2D eigenvalue weighted by Crippen LogP contribution is -2.31. The first kappa shape index (κ1) is 20.6. The molecule has 1 aliphatic heterocycles. The molecule has 162 valence electrons. The summed E-state index contributed by atoms with van der Waals surface area (Å²) >= 11 is 6.38. The average Bonchev–Trinajstić information content (AvgIpc) is 3.28. The van der Waals surface area contributed by atoms with Gasteiger partial charge in [-0.05, 0) is 31.2 Å². The molecule has 9 nitrogen and oxygen atoms in total. The summed E-state index contributed by atoms with van der Waals surface area (Å²) < 4.78 is 1.53. The molecule has 1 atom stereocenters. The van der Waals surface area contributed by atoms with Gasteiger partial charge in [-0.25, -0.2) is 15.0 Å². The zero-order chi connectivity index (χ0) is 23.1. The van der Waals surface area contributed by atoms with Gasteiger partial charge in [0.15, 0.2) is 5.82 Å². The van der Waals surface area contributed by atoms with Crippen LogP contribution >= 0.6 is 11.6 Å². The Morgan fingerprint density at radius 2 is 1.91 bits per heavy atom. The number of hydrazone groups is 1. The minimum atomic E-state index is -0.512. The quantitative estimate of drug-likeness (QED) is 0.499. The molecule has 0 radical (unpaired) electrons. The Morgan fingerprint density at radius 1 is 1.12 bits per heavy atom. The number of anilines is 2. The third kappa shape index (κ3) is 3.37. The van der Waals surface area contributed by atoms with Crippen LogP contribution in [-0.4, -0.2) is 25.7 Å². The van der Waals surface area contributed by atoms with Gasteiger partial charge in [-0.15, -0.1) is 0 Å². The molecule has 0 aliphatic carbocycles. The number of rotatable bonds is 3. The molecule has 1 aliphatic rings. The molecule has 0 bridgehead atoms. The monoisotopic (exact) mass is 456 g/mol. The molecule has 0 fully saturated rings. The molecule has 0 amide bonds. The molecule has 1 unspecified atom stereocenters. The summed E-state index contributed by atoms with van der Waals surface area (Å²) in [6, 6.07) is 16.0. The second kappa shape index (κ2) is 8.00. The third-order valence-corrected chi connectivity index (χ3v) is 5.75. The molecule has 2 aromatic carbocycles. The summed E-state index contributed by atoms with van der Waals surface area (Å²) in [6.07, 6.45) is 2.14. The predicted octanol–water partition coefficient (Wildman–Crippen LogP) is 3.53. The number of para-hydroxylation sites is 1. The maximum Gasteiger partial charge on any atom is 0.267 e. The van der Waals surface area contributed by atoms with E-state index in [9.17, 15) is 10.1 Å². The number of hydrogen-bond acceptors (Lipinski definition) is 8. The van der Waals surface area contributed by atoms with Gasteiger partial charge in [0.05, 0.1) is 27.3 Å². The molecule has 2 N–H and O–H groups in total. The summed E-state index contributed by atoms with van der Waals surface area (Å²) in [4.78, 5) is 26.9. The fraction of sp³-hybridized carbons (Fsp3) is 0.130. The maximum absolute atomic E-state index is 13.7. The lowest BCUT2D eigenvalue weighted by Gasteiger charge is -2.26. The van der Waals surface area contributed by atoms with Crippen molar-refractivity contribution in [1.82, 2.24) is 19.5 Å². The van der Waals surface area contributed by atoms with E-state index in [4.69, 9.17) is 22.3 Å². The number of fused-ring (bicyclic) bond motifs is 1. The summed E-state index contributed by atoms with van der Waals surface area (Å²) in [5.74, 6) is 0.736. The summed E-state index contributed by atoms with van der Waals surface area (Å²) in [5, 5.41) is 16.4. The highest BCUT2D eigenvalue weighted by molar-refractivity contribution is 6.35. The highest BCUT2D eigenvalue weighted by Gasteiger charge is 2.33. The molecule has 2 aromatic heterocycles. The number of benzene rings is 2. The minimum absolute atomic E-state index is 0.0288. The Labute approximate surface area is 193 Å². The summed E-state index contributed by atoms with van der Waals surface area (Å²) in [6.45, 7) is 1.69. The number of nitriles is 1. The van der Waals surface area contributed by atoms with Crippen LogP contribution in [0.4, 0.5) is 11.8 Å². The normalized spacial score (nSPS) is 15.2. The van der Waals surface area contributed by atoms with Gasteiger partial charge in [-0.3, -0.25) is 9.36 Å². The van der Waals surface area contributed by atoms with Crippen molar-refractivity contribution in [1.29, 1.82) is 5.26 Å². The van der Waals surface area contributed by atoms with E-state index in [2.05, 4.69) is 21.1 Å². The van der Waals surface area contributed by atoms with Crippen molar-refractivity contribution in [2.24, 2.45) is 5.10 Å². The van der Waals surface area contributed by atoms with Crippen LogP contribution in [0, 0.1) is 18.3 Å². The topological polar surface area (TPSA) is 126 Å². The van der Waals surface area contributed by atoms with E-state index in [0.717, 1.165) is 0 Å². The fourth-order valence-electron chi connectivity index (χ4n) is 3.96. The Hall–Kier alpha value is -4.29. The van der Waals surface area contributed by atoms with Crippen molar-refractivity contribution in [3.8, 4) is 11.8 Å². The van der Waals surface area contributed by atoms with Gasteiger partial charge in [-0.1, -0.05) is 35.9 Å². The molecule has 0 saturated heterocycles. The molecule has 33 heavy (non-hydrogen) atoms. The number of aromatic nitrogens is 4. The number of aryl methyl sites for hydroxylation is 1. The predicted molar refractivity (Wildman–Crippen MR) is 127 cm³/mol. The number of nitrogens with zero attached hydrogens (tertiary/aromatic N) is 7. The molecule has 4 aromatic rings. The van der Waals surface area contributed by atoms with Gasteiger partial charge in [-0.2, -0.15) is 15.3 Å². The Kier molecular flexibility index (Phi) is 4.99. The van der Waals surface area contributed by atoms with Crippen LogP contribution in [0.5, 0.6) is 0 Å². The van der Waals surface area contributed by atoms with Gasteiger partial charge in [0.25, 0.3) is 5.56 Å². The van der Waals surface area contributed by atoms with Crippen LogP contribution in [0.1, 0.15) is 29.5 Å². The van der Waals surface area contributed by atoms with E-state index in [1.807, 2.05) is 30.3 Å². The van der Waals surface area contributed by atoms with E-state index in [-0.39, 0.29) is 22.9 Å². The second-order valence-electron chi connectivity index (χ2n) is 7.45. The lowest BCUT2D eigenvalue weighted by molar-refractivity contribution is 0.626. The Bertz CT molecular complexity index is 1520. The van der Waals surface area contributed by atoms with E-state index in [1.165, 1.54) is 4.57 Å². The maximum atomic E-state index is 13.7. The fourth-order valence-corrected chi connectivity index (χ4v) is 4.22. The van der Waals surface area contributed by atoms with Crippen LogP contribution in [-0.2, 0) is 0 Å². The van der Waals surface area contributed by atoms with E-state index >= 15 is 0 Å². The standard InChI is InChI=1S/C23H17ClN8O/c1-13-15(12-25)20(30-23(26)28-13)32-18(10-11-27-32)21-29-17-9-5-8-16(24)19(17)22(33)31(21)14-6-3-2-4-7-14/h2-9,11,18H,10H2,1H3,(H2,26,28,30). The Balaban J connectivity index is 1.79. The van der Waals surface area contributed by atoms with Gasteiger partial charge in [0.1, 0.15) is 23.5 Å². The first-order valence-corrected chi connectivity index (χ1v) is 10.5. The van der Waals surface area contributed by atoms with Crippen LogP contribution in [0.15, 0.2) is 58.4 Å². The highest BCUT2D eigenvalue weighted by atomic mass is 35.5. The molecule has 0 saturated carbocycles. The van der Waals surface area contributed by atoms with Gasteiger partial charge >= 0.3 is 0 Å². The van der Waals surface area contributed by atoms with Crippen molar-refractivity contribution in [3.63, 3.8) is 0 Å². The van der Waals surface area contributed by atoms with Crippen molar-refractivity contribution in [3.05, 3.63) is 81.0 Å². The lowest BCUT2D eigenvalue weighted by atomic mass is 10.1. The number of halogens is 1. The zero-order valence-corrected chi connectivity index (χ0v) is 18.2. The first-order chi connectivity index (χ1) is 16.0. The largest absolute Gasteiger partial charge is 0.368 e. The highest BCUT2D eigenvalue weighted by Crippen LogP contribution is 2.35. The van der Waals surface area contributed by atoms with E-state index in [1.54, 1.807) is 36.3 Å².